The monoisotopic (exact) mass is 658 g/mol. The second-order valence-electron chi connectivity index (χ2n) is 14.1. The molecule has 2 aliphatic carbocycles. The zero-order chi connectivity index (χ0) is 24.6. The Morgan fingerprint density at radius 1 is 0.500 bits per heavy atom. The fourth-order valence-corrected chi connectivity index (χ4v) is 28.6. The molecular weight excluding hydrogens is 588 g/mol. The quantitative estimate of drug-likeness (QED) is 0.163. The Balaban J connectivity index is -0.000000361. The summed E-state index contributed by atoms with van der Waals surface area (Å²) in [5.74, 6) is 2.86. The van der Waals surface area contributed by atoms with Crippen molar-refractivity contribution in [1.82, 2.24) is 0 Å². The Morgan fingerprint density at radius 2 is 0.725 bits per heavy atom. The molecule has 0 aromatic rings. The Kier molecular flexibility index (Phi) is 23.8. The van der Waals surface area contributed by atoms with Gasteiger partial charge in [0, 0.05) is 0 Å². The van der Waals surface area contributed by atoms with Crippen LogP contribution in [0.2, 0.25) is 22.4 Å². The van der Waals surface area contributed by atoms with Crippen molar-refractivity contribution >= 4 is 16.5 Å². The molecule has 1 fully saturated rings. The van der Waals surface area contributed by atoms with Crippen LogP contribution in [0.5, 0.6) is 0 Å². The molecule has 1 aliphatic heterocycles. The van der Waals surface area contributed by atoms with Gasteiger partial charge in [0.25, 0.3) is 0 Å². The minimum absolute atomic E-state index is 0. The first-order valence-corrected chi connectivity index (χ1v) is 18.1. The van der Waals surface area contributed by atoms with Crippen molar-refractivity contribution in [1.29, 1.82) is 0 Å². The first kappa shape index (κ1) is 53.8. The van der Waals surface area contributed by atoms with Crippen molar-refractivity contribution in [2.24, 2.45) is 23.7 Å². The Labute approximate surface area is 288 Å². The van der Waals surface area contributed by atoms with Crippen LogP contribution in [0.1, 0.15) is 96.9 Å². The SMILES string of the molecule is CC1=C(C)C([Si]2([N-]C(C)(C)C)C[Si]([N-]C(C)(C)C)(C3C(C)=C(C)C(C)C3C)C2)C(C)C1C.[CH3-].[CH3-].[CH3-].[CH3-].[CH3-].[CH3-].[Ti+4].[Ti+4]. The average Bonchev–Trinajstić information content (AvgIpc) is 2.90. The van der Waals surface area contributed by atoms with E-state index in [1.165, 1.54) is 11.3 Å². The normalized spacial score (nSPS) is 34.6. The van der Waals surface area contributed by atoms with Gasteiger partial charge < -0.3 is 54.5 Å². The third-order valence-corrected chi connectivity index (χ3v) is 25.9. The van der Waals surface area contributed by atoms with Gasteiger partial charge in [-0.1, -0.05) is 119 Å². The summed E-state index contributed by atoms with van der Waals surface area (Å²) in [5.41, 5.74) is 11.0. The van der Waals surface area contributed by atoms with Gasteiger partial charge in [-0.3, -0.25) is 0 Å². The molecule has 2 nitrogen and oxygen atoms in total. The van der Waals surface area contributed by atoms with Crippen LogP contribution in [-0.4, -0.2) is 27.5 Å². The standard InChI is InChI=1S/C28H52N2Si2.6CH3.2Ti/c1-17-18(2)22(6)25(21(17)5)31(29-27(9,10)11)15-32(16-31,30-28(12,13)14)26-23(7)19(3)20(4)24(26)8;;;;;;;;/h17,19,21,23,25-26H,15-16H2,1-14H3;6*1H3;;/q-2;6*-1;2*+4. The van der Waals surface area contributed by atoms with Crippen molar-refractivity contribution in [2.75, 3.05) is 0 Å². The van der Waals surface area contributed by atoms with Gasteiger partial charge in [-0.05, 0) is 62.4 Å². The molecule has 0 amide bonds. The van der Waals surface area contributed by atoms with E-state index < -0.39 is 16.5 Å². The molecule has 1 heterocycles. The predicted octanol–water partition coefficient (Wildman–Crippen LogP) is 12.0. The summed E-state index contributed by atoms with van der Waals surface area (Å²) in [4.78, 5) is 11.7. The number of rotatable bonds is 4. The van der Waals surface area contributed by atoms with Crippen molar-refractivity contribution < 1.29 is 43.4 Å². The van der Waals surface area contributed by atoms with Gasteiger partial charge in [-0.25, -0.2) is 0 Å². The van der Waals surface area contributed by atoms with Crippen LogP contribution in [0, 0.1) is 68.2 Å². The third kappa shape index (κ3) is 9.63. The van der Waals surface area contributed by atoms with Gasteiger partial charge in [0.05, 0.1) is 0 Å². The zero-order valence-electron chi connectivity index (χ0n) is 30.8. The van der Waals surface area contributed by atoms with Gasteiger partial charge in [0.15, 0.2) is 0 Å². The summed E-state index contributed by atoms with van der Waals surface area (Å²) in [6.45, 7) is 33.7. The summed E-state index contributed by atoms with van der Waals surface area (Å²) in [7, 11) is -3.70. The van der Waals surface area contributed by atoms with E-state index in [2.05, 4.69) is 96.9 Å². The molecule has 6 unspecified atom stereocenters. The van der Waals surface area contributed by atoms with E-state index in [0.717, 1.165) is 11.8 Å². The molecule has 3 aliphatic rings. The topological polar surface area (TPSA) is 28.2 Å². The van der Waals surface area contributed by atoms with Gasteiger partial charge in [-0.2, -0.15) is 0 Å². The van der Waals surface area contributed by atoms with Crippen LogP contribution in [0.3, 0.4) is 0 Å². The second kappa shape index (κ2) is 17.7. The summed E-state index contributed by atoms with van der Waals surface area (Å²) >= 11 is 0. The molecule has 3 rings (SSSR count). The van der Waals surface area contributed by atoms with Gasteiger partial charge in [-0.15, -0.1) is 11.1 Å². The van der Waals surface area contributed by atoms with E-state index in [-0.39, 0.29) is 99.1 Å². The first-order chi connectivity index (χ1) is 14.4. The fourth-order valence-electron chi connectivity index (χ4n) is 8.23. The Hall–Kier alpha value is 1.26. The van der Waals surface area contributed by atoms with Crippen LogP contribution in [0.4, 0.5) is 0 Å². The van der Waals surface area contributed by atoms with E-state index in [4.69, 9.17) is 9.96 Å². The van der Waals surface area contributed by atoms with E-state index in [1.807, 2.05) is 0 Å². The molecular formula is C34H70N2Si2Ti2. The van der Waals surface area contributed by atoms with Crippen molar-refractivity contribution in [2.45, 2.75) is 130 Å². The molecule has 0 aromatic carbocycles. The fraction of sp³-hybridized carbons (Fsp3) is 0.706. The van der Waals surface area contributed by atoms with Crippen LogP contribution in [-0.2, 0) is 43.4 Å². The van der Waals surface area contributed by atoms with Gasteiger partial charge >= 0.3 is 43.4 Å². The molecule has 0 N–H and O–H groups in total. The smallest absolute Gasteiger partial charge is 0.659 e. The number of hydrogen-bond acceptors (Lipinski definition) is 0. The van der Waals surface area contributed by atoms with Crippen LogP contribution < -0.4 is 0 Å². The molecule has 232 valence electrons. The first-order valence-electron chi connectivity index (χ1n) is 13.2. The number of hydrogen-bond donors (Lipinski definition) is 0. The van der Waals surface area contributed by atoms with Crippen LogP contribution in [0.15, 0.2) is 22.3 Å². The van der Waals surface area contributed by atoms with Crippen molar-refractivity contribution in [3.05, 3.63) is 76.8 Å². The maximum atomic E-state index is 5.85. The maximum Gasteiger partial charge on any atom is 4.00 e. The molecule has 0 saturated carbocycles. The second-order valence-corrected chi connectivity index (χ2v) is 23.0. The average molecular weight is 659 g/mol. The molecule has 0 radical (unpaired) electrons. The third-order valence-electron chi connectivity index (χ3n) is 9.67. The molecule has 0 bridgehead atoms. The molecule has 40 heavy (non-hydrogen) atoms. The van der Waals surface area contributed by atoms with Crippen LogP contribution >= 0.6 is 0 Å². The van der Waals surface area contributed by atoms with Gasteiger partial charge in [0.2, 0.25) is 0 Å². The largest absolute Gasteiger partial charge is 4.00 e. The number of nitrogens with zero attached hydrogens (tertiary/aromatic N) is 2. The minimum atomic E-state index is -1.85. The van der Waals surface area contributed by atoms with E-state index in [0.29, 0.717) is 22.9 Å². The van der Waals surface area contributed by atoms with Crippen molar-refractivity contribution in [3.8, 4) is 0 Å². The summed E-state index contributed by atoms with van der Waals surface area (Å²) in [6, 6.07) is 0. The molecule has 6 heteroatoms. The van der Waals surface area contributed by atoms with E-state index >= 15 is 0 Å². The summed E-state index contributed by atoms with van der Waals surface area (Å²) in [6.07, 6.45) is 0. The zero-order valence-corrected chi connectivity index (χ0v) is 35.9. The maximum absolute atomic E-state index is 5.85. The van der Waals surface area contributed by atoms with Gasteiger partial charge in [0.1, 0.15) is 0 Å². The summed E-state index contributed by atoms with van der Waals surface area (Å²) < 4.78 is 0. The van der Waals surface area contributed by atoms with E-state index in [1.54, 1.807) is 22.3 Å². The Morgan fingerprint density at radius 3 is 0.875 bits per heavy atom. The van der Waals surface area contributed by atoms with Crippen LogP contribution in [0.25, 0.3) is 9.96 Å². The Bertz CT molecular complexity index is 751. The van der Waals surface area contributed by atoms with E-state index in [9.17, 15) is 0 Å². The molecule has 0 aromatic heterocycles. The minimum Gasteiger partial charge on any atom is -0.659 e. The van der Waals surface area contributed by atoms with Crippen molar-refractivity contribution in [3.63, 3.8) is 0 Å². The molecule has 0 spiro atoms. The predicted molar refractivity (Wildman–Crippen MR) is 187 cm³/mol. The summed E-state index contributed by atoms with van der Waals surface area (Å²) in [5, 5.41) is 0. The number of allylic oxidation sites excluding steroid dienone is 4. The molecule has 1 saturated heterocycles. The molecule has 6 atom stereocenters.